The number of H-pyrrole nitrogens is 1. The molecule has 0 bridgehead atoms. The molecule has 2 rings (SSSR count). The number of nitrogens with one attached hydrogen (secondary N) is 1. The molecule has 0 spiro atoms. The molecule has 0 saturated heterocycles. The Kier molecular flexibility index (Phi) is 3.10. The molecule has 0 radical (unpaired) electrons. The number of alkyl halides is 3. The summed E-state index contributed by atoms with van der Waals surface area (Å²) in [6, 6.07) is 1.11. The zero-order valence-electron chi connectivity index (χ0n) is 8.68. The number of aromatic nitrogens is 2. The van der Waals surface area contributed by atoms with E-state index in [2.05, 4.69) is 5.10 Å². The molecule has 0 amide bonds. The normalized spacial score (nSPS) is 18.9. The van der Waals surface area contributed by atoms with Gasteiger partial charge in [0.2, 0.25) is 0 Å². The number of nitrogens with zero attached hydrogens (tertiary/aromatic N) is 1. The topological polar surface area (TPSA) is 20.7 Å². The number of hydrogen-bond donors (Lipinski definition) is 1. The van der Waals surface area contributed by atoms with Gasteiger partial charge in [-0.05, 0) is 12.8 Å². The van der Waals surface area contributed by atoms with Crippen molar-refractivity contribution in [2.75, 3.05) is 0 Å². The summed E-state index contributed by atoms with van der Waals surface area (Å²) in [7, 11) is 0. The fraction of sp³-hybridized carbons (Fsp3) is 0.700. The van der Waals surface area contributed by atoms with Gasteiger partial charge in [0.25, 0.3) is 0 Å². The monoisotopic (exact) mass is 250 g/mol. The molecule has 1 heterocycles. The fourth-order valence-corrected chi connectivity index (χ4v) is 2.48. The molecule has 0 aliphatic heterocycles. The number of rotatable bonds is 1. The lowest BCUT2D eigenvalue weighted by Crippen LogP contribution is -2.15. The highest BCUT2D eigenvalue weighted by Gasteiger charge is 2.33. The van der Waals surface area contributed by atoms with Crippen LogP contribution in [0.5, 0.6) is 0 Å². The zero-order valence-corrected chi connectivity index (χ0v) is 9.50. The maximum Gasteiger partial charge on any atom is 0.432 e. The summed E-state index contributed by atoms with van der Waals surface area (Å²) in [6.07, 6.45) is 0.766. The van der Waals surface area contributed by atoms with Crippen molar-refractivity contribution in [3.8, 4) is 0 Å². The van der Waals surface area contributed by atoms with Crippen molar-refractivity contribution in [1.82, 2.24) is 9.78 Å². The molecular weight excluding hydrogens is 237 g/mol. The Balaban J connectivity index is 2.28. The molecule has 16 heavy (non-hydrogen) atoms. The molecule has 0 aromatic carbocycles. The smallest absolute Gasteiger partial charge is 0.293 e. The van der Waals surface area contributed by atoms with Gasteiger partial charge in [0.05, 0.1) is 6.04 Å². The van der Waals surface area contributed by atoms with Crippen LogP contribution in [-0.4, -0.2) is 9.78 Å². The third-order valence-electron chi connectivity index (χ3n) is 2.99. The lowest BCUT2D eigenvalue weighted by molar-refractivity contribution is -0.141. The second-order valence-corrected chi connectivity index (χ2v) is 4.59. The largest absolute Gasteiger partial charge is 0.432 e. The molecule has 0 unspecified atom stereocenters. The summed E-state index contributed by atoms with van der Waals surface area (Å²) in [5.41, 5.74) is -0.747. The van der Waals surface area contributed by atoms with E-state index in [4.69, 9.17) is 12.2 Å². The van der Waals surface area contributed by atoms with Gasteiger partial charge in [-0.2, -0.15) is 13.2 Å². The third-order valence-corrected chi connectivity index (χ3v) is 3.31. The highest BCUT2D eigenvalue weighted by atomic mass is 32.1. The number of halogens is 3. The van der Waals surface area contributed by atoms with Crippen LogP contribution in [0.1, 0.15) is 43.8 Å². The predicted molar refractivity (Wildman–Crippen MR) is 56.7 cm³/mol. The highest BCUT2D eigenvalue weighted by molar-refractivity contribution is 7.71. The first kappa shape index (κ1) is 11.7. The van der Waals surface area contributed by atoms with Gasteiger partial charge in [0.15, 0.2) is 0 Å². The van der Waals surface area contributed by atoms with Gasteiger partial charge in [-0.25, -0.2) is 0 Å². The van der Waals surface area contributed by atoms with E-state index in [1.165, 1.54) is 4.68 Å². The molecule has 1 fully saturated rings. The van der Waals surface area contributed by atoms with Crippen LogP contribution >= 0.6 is 12.2 Å². The van der Waals surface area contributed by atoms with Crippen molar-refractivity contribution in [3.05, 3.63) is 16.4 Å². The minimum Gasteiger partial charge on any atom is -0.293 e. The lowest BCUT2D eigenvalue weighted by Gasteiger charge is -2.22. The van der Waals surface area contributed by atoms with E-state index in [1.807, 2.05) is 0 Å². The molecule has 1 aromatic rings. The Hall–Kier alpha value is -0.780. The maximum atomic E-state index is 12.5. The summed E-state index contributed by atoms with van der Waals surface area (Å²) < 4.78 is 39.1. The average Bonchev–Trinajstić information content (AvgIpc) is 2.61. The first-order valence-corrected chi connectivity index (χ1v) is 5.78. The predicted octanol–water partition coefficient (Wildman–Crippen LogP) is 4.07. The molecule has 90 valence electrons. The van der Waals surface area contributed by atoms with Crippen molar-refractivity contribution >= 4 is 12.2 Å². The van der Waals surface area contributed by atoms with Crippen LogP contribution in [0.3, 0.4) is 0 Å². The molecule has 1 aromatic heterocycles. The molecule has 1 aliphatic rings. The first-order chi connectivity index (χ1) is 7.48. The van der Waals surface area contributed by atoms with E-state index in [9.17, 15) is 13.2 Å². The fourth-order valence-electron chi connectivity index (χ4n) is 2.17. The minimum atomic E-state index is -4.34. The van der Waals surface area contributed by atoms with E-state index < -0.39 is 11.9 Å². The van der Waals surface area contributed by atoms with Crippen molar-refractivity contribution in [2.24, 2.45) is 0 Å². The summed E-state index contributed by atoms with van der Waals surface area (Å²) in [5.74, 6) is 0. The first-order valence-electron chi connectivity index (χ1n) is 5.37. The SMILES string of the molecule is FC(F)(F)c1cc(=S)n(C2CCCCC2)[nH]1. The van der Waals surface area contributed by atoms with Crippen LogP contribution in [0.15, 0.2) is 6.07 Å². The van der Waals surface area contributed by atoms with E-state index in [1.54, 1.807) is 0 Å². The van der Waals surface area contributed by atoms with Crippen molar-refractivity contribution in [1.29, 1.82) is 0 Å². The lowest BCUT2D eigenvalue weighted by atomic mass is 9.96. The summed E-state index contributed by atoms with van der Waals surface area (Å²) in [4.78, 5) is 0. The maximum absolute atomic E-state index is 12.5. The van der Waals surface area contributed by atoms with Crippen LogP contribution in [0.2, 0.25) is 0 Å². The van der Waals surface area contributed by atoms with Gasteiger partial charge in [0, 0.05) is 6.07 Å². The number of aromatic amines is 1. The van der Waals surface area contributed by atoms with Gasteiger partial charge < -0.3 is 0 Å². The van der Waals surface area contributed by atoms with Gasteiger partial charge >= 0.3 is 6.18 Å². The standard InChI is InChI=1S/C10H13F3N2S/c11-10(12,13)8-6-9(16)15(14-8)7-4-2-1-3-5-7/h6-7,14H,1-5H2. The summed E-state index contributed by atoms with van der Waals surface area (Å²) in [5, 5.41) is 2.38. The third kappa shape index (κ3) is 2.31. The Morgan fingerprint density at radius 1 is 1.25 bits per heavy atom. The Morgan fingerprint density at radius 3 is 2.38 bits per heavy atom. The van der Waals surface area contributed by atoms with Crippen molar-refractivity contribution in [3.63, 3.8) is 0 Å². The van der Waals surface area contributed by atoms with Gasteiger partial charge in [0.1, 0.15) is 10.3 Å². The van der Waals surface area contributed by atoms with Crippen molar-refractivity contribution < 1.29 is 13.2 Å². The zero-order chi connectivity index (χ0) is 11.8. The average molecular weight is 250 g/mol. The van der Waals surface area contributed by atoms with Gasteiger partial charge in [-0.3, -0.25) is 9.78 Å². The second-order valence-electron chi connectivity index (χ2n) is 4.17. The Labute approximate surface area is 96.4 Å². The van der Waals surface area contributed by atoms with Gasteiger partial charge in [-0.15, -0.1) is 0 Å². The van der Waals surface area contributed by atoms with Crippen molar-refractivity contribution in [2.45, 2.75) is 44.3 Å². The molecular formula is C10H13F3N2S. The molecule has 1 N–H and O–H groups in total. The Bertz CT molecular complexity index is 412. The van der Waals surface area contributed by atoms with E-state index in [0.717, 1.165) is 38.2 Å². The summed E-state index contributed by atoms with van der Waals surface area (Å²) >= 11 is 4.95. The molecule has 6 heteroatoms. The van der Waals surface area contributed by atoms with E-state index in [-0.39, 0.29) is 10.7 Å². The quantitative estimate of drug-likeness (QED) is 0.745. The highest BCUT2D eigenvalue weighted by Crippen LogP contribution is 2.32. The van der Waals surface area contributed by atoms with Gasteiger partial charge in [-0.1, -0.05) is 31.5 Å². The molecule has 1 saturated carbocycles. The van der Waals surface area contributed by atoms with E-state index in [0.29, 0.717) is 0 Å². The van der Waals surface area contributed by atoms with Crippen LogP contribution in [-0.2, 0) is 6.18 Å². The van der Waals surface area contributed by atoms with Crippen LogP contribution in [0.25, 0.3) is 0 Å². The summed E-state index contributed by atoms with van der Waals surface area (Å²) in [6.45, 7) is 0. The second kappa shape index (κ2) is 4.24. The van der Waals surface area contributed by atoms with Crippen LogP contribution in [0, 0.1) is 4.64 Å². The van der Waals surface area contributed by atoms with Crippen LogP contribution < -0.4 is 0 Å². The molecule has 1 aliphatic carbocycles. The number of hydrogen-bond acceptors (Lipinski definition) is 1. The minimum absolute atomic E-state index is 0.109. The van der Waals surface area contributed by atoms with E-state index >= 15 is 0 Å². The molecule has 0 atom stereocenters. The van der Waals surface area contributed by atoms with Crippen LogP contribution in [0.4, 0.5) is 13.2 Å². The molecule has 2 nitrogen and oxygen atoms in total. The Morgan fingerprint density at radius 2 is 1.88 bits per heavy atom.